The van der Waals surface area contributed by atoms with Gasteiger partial charge in [-0.2, -0.15) is 18.3 Å². The highest BCUT2D eigenvalue weighted by Gasteiger charge is 2.20. The molecule has 0 radical (unpaired) electrons. The molecular weight excluding hydrogens is 377 g/mol. The van der Waals surface area contributed by atoms with Gasteiger partial charge in [0.15, 0.2) is 5.15 Å². The Bertz CT molecular complexity index is 765. The topological polar surface area (TPSA) is 51.0 Å². The highest BCUT2D eigenvalue weighted by atomic mass is 35.5. The first-order chi connectivity index (χ1) is 11.9. The molecule has 0 unspecified atom stereocenters. The quantitative estimate of drug-likeness (QED) is 0.701. The molecule has 0 aliphatic heterocycles. The summed E-state index contributed by atoms with van der Waals surface area (Å²) in [7, 11) is 0. The van der Waals surface area contributed by atoms with Gasteiger partial charge in [0.2, 0.25) is 11.1 Å². The van der Waals surface area contributed by atoms with E-state index < -0.39 is 11.2 Å². The summed E-state index contributed by atoms with van der Waals surface area (Å²) in [5.74, 6) is -0.470. The summed E-state index contributed by atoms with van der Waals surface area (Å²) in [5.41, 5.74) is 1.05. The van der Waals surface area contributed by atoms with Crippen molar-refractivity contribution in [2.75, 3.05) is 17.2 Å². The van der Waals surface area contributed by atoms with Gasteiger partial charge in [-0.3, -0.25) is 9.78 Å². The van der Waals surface area contributed by atoms with Crippen LogP contribution in [0, 0.1) is 0 Å². The van der Waals surface area contributed by atoms with Gasteiger partial charge in [-0.25, -0.2) is 4.68 Å². The predicted molar refractivity (Wildman–Crippen MR) is 91.8 cm³/mol. The Labute approximate surface area is 151 Å². The first kappa shape index (κ1) is 19.3. The van der Waals surface area contributed by atoms with E-state index in [4.69, 9.17) is 11.6 Å². The number of hydrogen-bond acceptors (Lipinski definition) is 4. The Balaban J connectivity index is 2.11. The Morgan fingerprint density at radius 3 is 2.76 bits per heavy atom. The second kappa shape index (κ2) is 8.91. The highest BCUT2D eigenvalue weighted by molar-refractivity contribution is 8.02. The Morgan fingerprint density at radius 1 is 1.40 bits per heavy atom. The molecule has 0 saturated heterocycles. The molecule has 10 heteroatoms. The van der Waals surface area contributed by atoms with Crippen molar-refractivity contribution in [3.8, 4) is 5.69 Å². The fourth-order valence-electron chi connectivity index (χ4n) is 2.04. The van der Waals surface area contributed by atoms with Crippen molar-refractivity contribution >= 4 is 35.0 Å². The lowest BCUT2D eigenvalue weighted by molar-refractivity contribution is -0.118. The van der Waals surface area contributed by atoms with Crippen LogP contribution in [0.5, 0.6) is 0 Å². The van der Waals surface area contributed by atoms with Crippen molar-refractivity contribution in [1.29, 1.82) is 0 Å². The Morgan fingerprint density at radius 2 is 2.16 bits per heavy atom. The lowest BCUT2D eigenvalue weighted by Crippen LogP contribution is -2.30. The number of anilines is 1. The third-order valence-corrected chi connectivity index (χ3v) is 4.25. The lowest BCUT2D eigenvalue weighted by Gasteiger charge is -2.19. The third-order valence-electron chi connectivity index (χ3n) is 3.16. The first-order valence-corrected chi connectivity index (χ1v) is 8.60. The van der Waals surface area contributed by atoms with E-state index in [-0.39, 0.29) is 23.2 Å². The maximum atomic E-state index is 12.8. The van der Waals surface area contributed by atoms with Gasteiger partial charge in [-0.05, 0) is 19.1 Å². The van der Waals surface area contributed by atoms with E-state index in [1.54, 1.807) is 37.6 Å². The molecule has 0 N–H and O–H groups in total. The molecule has 0 atom stereocenters. The van der Waals surface area contributed by atoms with Gasteiger partial charge in [0.25, 0.3) is 0 Å². The normalized spacial score (nSPS) is 10.6. The van der Waals surface area contributed by atoms with Crippen LogP contribution in [0.2, 0.25) is 5.15 Å². The van der Waals surface area contributed by atoms with Crippen LogP contribution in [0.15, 0.2) is 42.0 Å². The molecule has 1 amide bonds. The SMILES string of the molecule is CCN(C(=O)CCSC(F)=C(F)F)c1cn(-c2cccnc2)nc1Cl. The number of amides is 1. The van der Waals surface area contributed by atoms with Crippen LogP contribution >= 0.6 is 23.4 Å². The van der Waals surface area contributed by atoms with Crippen LogP contribution in [0.4, 0.5) is 18.9 Å². The summed E-state index contributed by atoms with van der Waals surface area (Å²) >= 11 is 6.42. The van der Waals surface area contributed by atoms with Crippen LogP contribution in [-0.2, 0) is 4.79 Å². The van der Waals surface area contributed by atoms with Crippen LogP contribution in [0.1, 0.15) is 13.3 Å². The first-order valence-electron chi connectivity index (χ1n) is 7.23. The van der Waals surface area contributed by atoms with Crippen LogP contribution in [-0.4, -0.2) is 33.0 Å². The molecule has 0 bridgehead atoms. The highest BCUT2D eigenvalue weighted by Crippen LogP contribution is 2.28. The van der Waals surface area contributed by atoms with Crippen LogP contribution in [0.3, 0.4) is 0 Å². The number of thioether (sulfide) groups is 1. The molecule has 25 heavy (non-hydrogen) atoms. The lowest BCUT2D eigenvalue weighted by atomic mass is 10.3. The van der Waals surface area contributed by atoms with E-state index in [2.05, 4.69) is 10.1 Å². The van der Waals surface area contributed by atoms with Gasteiger partial charge in [0.05, 0.1) is 18.1 Å². The van der Waals surface area contributed by atoms with Gasteiger partial charge in [-0.1, -0.05) is 23.4 Å². The zero-order valence-electron chi connectivity index (χ0n) is 13.1. The van der Waals surface area contributed by atoms with Crippen molar-refractivity contribution in [2.24, 2.45) is 0 Å². The molecule has 2 heterocycles. The molecule has 0 fully saturated rings. The van der Waals surface area contributed by atoms with Gasteiger partial charge < -0.3 is 4.90 Å². The minimum Gasteiger partial charge on any atom is -0.308 e. The third kappa shape index (κ3) is 4.99. The van der Waals surface area contributed by atoms with Gasteiger partial charge >= 0.3 is 6.08 Å². The minimum absolute atomic E-state index is 0.104. The summed E-state index contributed by atoms with van der Waals surface area (Å²) in [6.07, 6.45) is 2.28. The van der Waals surface area contributed by atoms with E-state index in [1.165, 1.54) is 9.58 Å². The Hall–Kier alpha value is -2.00. The number of carbonyl (C=O) groups is 1. The standard InChI is InChI=1S/C15H14ClF3N4OS/c1-2-22(12(24)5-7-25-15(19)14(17)18)11-9-23(21-13(11)16)10-4-3-6-20-8-10/h3-4,6,8-9H,2,5,7H2,1H3. The average Bonchev–Trinajstić information content (AvgIpc) is 2.98. The smallest absolute Gasteiger partial charge is 0.308 e. The van der Waals surface area contributed by atoms with Crippen LogP contribution in [0.25, 0.3) is 5.69 Å². The van der Waals surface area contributed by atoms with E-state index >= 15 is 0 Å². The number of pyridine rings is 1. The van der Waals surface area contributed by atoms with E-state index in [0.29, 0.717) is 29.7 Å². The summed E-state index contributed by atoms with van der Waals surface area (Å²) in [4.78, 5) is 17.7. The molecule has 0 aromatic carbocycles. The monoisotopic (exact) mass is 390 g/mol. The van der Waals surface area contributed by atoms with E-state index in [9.17, 15) is 18.0 Å². The van der Waals surface area contributed by atoms with E-state index in [1.807, 2.05) is 0 Å². The van der Waals surface area contributed by atoms with Crippen molar-refractivity contribution in [1.82, 2.24) is 14.8 Å². The molecule has 134 valence electrons. The molecule has 2 aromatic heterocycles. The Kier molecular flexibility index (Phi) is 6.89. The van der Waals surface area contributed by atoms with Gasteiger partial charge in [0.1, 0.15) is 5.69 Å². The molecule has 2 rings (SSSR count). The molecular formula is C15H14ClF3N4OS. The second-order valence-corrected chi connectivity index (χ2v) is 6.14. The van der Waals surface area contributed by atoms with Crippen molar-refractivity contribution in [3.63, 3.8) is 0 Å². The number of nitrogens with zero attached hydrogens (tertiary/aromatic N) is 4. The number of hydrogen-bond donors (Lipinski definition) is 0. The largest absolute Gasteiger partial charge is 0.312 e. The van der Waals surface area contributed by atoms with Gasteiger partial charge in [-0.15, -0.1) is 0 Å². The van der Waals surface area contributed by atoms with E-state index in [0.717, 1.165) is 0 Å². The molecule has 0 saturated carbocycles. The summed E-state index contributed by atoms with van der Waals surface area (Å²) in [5, 5.41) is 2.69. The molecule has 5 nitrogen and oxygen atoms in total. The zero-order chi connectivity index (χ0) is 18.4. The second-order valence-electron chi connectivity index (χ2n) is 4.73. The maximum absolute atomic E-state index is 12.8. The molecule has 0 aliphatic carbocycles. The van der Waals surface area contributed by atoms with Crippen molar-refractivity contribution < 1.29 is 18.0 Å². The predicted octanol–water partition coefficient (Wildman–Crippen LogP) is 4.43. The summed E-state index contributed by atoms with van der Waals surface area (Å²) in [6, 6.07) is 3.51. The minimum atomic E-state index is -2.38. The fourth-order valence-corrected chi connectivity index (χ4v) is 2.84. The molecule has 0 aliphatic rings. The number of carbonyl (C=O) groups excluding carboxylic acids is 1. The fraction of sp³-hybridized carbons (Fsp3) is 0.267. The number of aromatic nitrogens is 3. The molecule has 0 spiro atoms. The maximum Gasteiger partial charge on any atom is 0.312 e. The van der Waals surface area contributed by atoms with Crippen molar-refractivity contribution in [3.05, 3.63) is 47.1 Å². The number of halogens is 4. The zero-order valence-corrected chi connectivity index (χ0v) is 14.7. The van der Waals surface area contributed by atoms with Crippen molar-refractivity contribution in [2.45, 2.75) is 13.3 Å². The number of rotatable bonds is 7. The van der Waals surface area contributed by atoms with Gasteiger partial charge in [0, 0.05) is 24.9 Å². The average molecular weight is 391 g/mol. The van der Waals surface area contributed by atoms with Crippen LogP contribution < -0.4 is 4.90 Å². The summed E-state index contributed by atoms with van der Waals surface area (Å²) in [6.45, 7) is 2.04. The summed E-state index contributed by atoms with van der Waals surface area (Å²) < 4.78 is 38.3. The molecule has 2 aromatic rings.